The van der Waals surface area contributed by atoms with Crippen molar-refractivity contribution >= 4 is 35.1 Å². The molecular formula is C16H11ClN2O. The lowest BCUT2D eigenvalue weighted by Crippen LogP contribution is -2.03. The van der Waals surface area contributed by atoms with Crippen LogP contribution in [0.3, 0.4) is 0 Å². The molecule has 2 aromatic rings. The molecule has 0 saturated carbocycles. The fourth-order valence-corrected chi connectivity index (χ4v) is 3.01. The van der Waals surface area contributed by atoms with Crippen molar-refractivity contribution in [1.29, 1.82) is 0 Å². The summed E-state index contributed by atoms with van der Waals surface area (Å²) in [7, 11) is 0. The van der Waals surface area contributed by atoms with Crippen LogP contribution >= 0.6 is 11.6 Å². The number of hydrogen-bond acceptors (Lipinski definition) is 2. The van der Waals surface area contributed by atoms with Gasteiger partial charge in [0.2, 0.25) is 5.91 Å². The molecule has 0 aromatic heterocycles. The van der Waals surface area contributed by atoms with Crippen LogP contribution in [0.2, 0.25) is 5.02 Å². The van der Waals surface area contributed by atoms with Crippen LogP contribution in [0.1, 0.15) is 11.1 Å². The van der Waals surface area contributed by atoms with Crippen LogP contribution in [-0.2, 0) is 17.6 Å². The van der Waals surface area contributed by atoms with Gasteiger partial charge in [0.25, 0.3) is 0 Å². The van der Waals surface area contributed by atoms with E-state index in [4.69, 9.17) is 11.6 Å². The summed E-state index contributed by atoms with van der Waals surface area (Å²) in [6.45, 7) is 0. The summed E-state index contributed by atoms with van der Waals surface area (Å²) < 4.78 is 0. The van der Waals surface area contributed by atoms with Gasteiger partial charge in [0, 0.05) is 23.9 Å². The molecule has 0 spiro atoms. The highest BCUT2D eigenvalue weighted by Crippen LogP contribution is 2.38. The molecule has 2 aliphatic heterocycles. The van der Waals surface area contributed by atoms with Crippen LogP contribution in [0.15, 0.2) is 35.3 Å². The van der Waals surface area contributed by atoms with Crippen LogP contribution in [0.25, 0.3) is 11.1 Å². The topological polar surface area (TPSA) is 41.5 Å². The molecule has 4 heteroatoms. The Kier molecular flexibility index (Phi) is 2.44. The molecule has 0 atom stereocenters. The maximum absolute atomic E-state index is 11.4. The van der Waals surface area contributed by atoms with Gasteiger partial charge in [-0.15, -0.1) is 0 Å². The lowest BCUT2D eigenvalue weighted by molar-refractivity contribution is -0.115. The van der Waals surface area contributed by atoms with Gasteiger partial charge in [-0.3, -0.25) is 9.79 Å². The summed E-state index contributed by atoms with van der Waals surface area (Å²) in [6.07, 6.45) is 3.23. The van der Waals surface area contributed by atoms with E-state index in [1.165, 1.54) is 5.56 Å². The average molecular weight is 283 g/mol. The molecule has 98 valence electrons. The molecule has 0 saturated heterocycles. The highest BCUT2D eigenvalue weighted by molar-refractivity contribution is 6.34. The number of nitrogens with one attached hydrogen (secondary N) is 1. The van der Waals surface area contributed by atoms with Crippen molar-refractivity contribution in [2.24, 2.45) is 4.99 Å². The van der Waals surface area contributed by atoms with Crippen LogP contribution < -0.4 is 5.32 Å². The first-order valence-electron chi connectivity index (χ1n) is 6.49. The van der Waals surface area contributed by atoms with Gasteiger partial charge in [-0.1, -0.05) is 23.7 Å². The number of hydrogen-bond donors (Lipinski definition) is 1. The predicted molar refractivity (Wildman–Crippen MR) is 81.1 cm³/mol. The zero-order chi connectivity index (χ0) is 13.7. The van der Waals surface area contributed by atoms with Crippen molar-refractivity contribution in [2.75, 3.05) is 5.32 Å². The number of fused-ring (bicyclic) bond motifs is 2. The third-order valence-electron chi connectivity index (χ3n) is 3.76. The van der Waals surface area contributed by atoms with Crippen molar-refractivity contribution in [1.82, 2.24) is 0 Å². The van der Waals surface area contributed by atoms with Gasteiger partial charge >= 0.3 is 0 Å². The maximum Gasteiger partial charge on any atom is 0.228 e. The molecule has 0 unspecified atom stereocenters. The summed E-state index contributed by atoms with van der Waals surface area (Å²) in [5.41, 5.74) is 6.05. The molecule has 2 aromatic carbocycles. The number of nitrogens with zero attached hydrogens (tertiary/aromatic N) is 1. The molecule has 4 rings (SSSR count). The molecule has 20 heavy (non-hydrogen) atoms. The maximum atomic E-state index is 11.4. The minimum Gasteiger partial charge on any atom is -0.325 e. The molecule has 2 aliphatic rings. The van der Waals surface area contributed by atoms with E-state index in [9.17, 15) is 4.79 Å². The molecule has 3 nitrogen and oxygen atoms in total. The molecule has 1 amide bonds. The van der Waals surface area contributed by atoms with Crippen LogP contribution in [0, 0.1) is 0 Å². The third-order valence-corrected chi connectivity index (χ3v) is 4.07. The SMILES string of the molecule is O=C1Cc2cc(-c3ccc4c(c3)N=CC4)c(Cl)cc2N1. The number of carbonyl (C=O) groups excluding carboxylic acids is 1. The first-order chi connectivity index (χ1) is 9.70. The van der Waals surface area contributed by atoms with Crippen molar-refractivity contribution in [3.8, 4) is 11.1 Å². The van der Waals surface area contributed by atoms with Crippen LogP contribution in [0.4, 0.5) is 11.4 Å². The van der Waals surface area contributed by atoms with Gasteiger partial charge in [-0.05, 0) is 34.9 Å². The highest BCUT2D eigenvalue weighted by Gasteiger charge is 2.20. The second-order valence-electron chi connectivity index (χ2n) is 5.07. The molecular weight excluding hydrogens is 272 g/mol. The van der Waals surface area contributed by atoms with Crippen molar-refractivity contribution in [3.63, 3.8) is 0 Å². The fourth-order valence-electron chi connectivity index (χ4n) is 2.74. The Morgan fingerprint density at radius 2 is 2.05 bits per heavy atom. The number of rotatable bonds is 1. The third kappa shape index (κ3) is 1.74. The normalized spacial score (nSPS) is 15.2. The van der Waals surface area contributed by atoms with E-state index in [0.29, 0.717) is 11.4 Å². The number of carbonyl (C=O) groups is 1. The first-order valence-corrected chi connectivity index (χ1v) is 6.86. The van der Waals surface area contributed by atoms with Crippen LogP contribution in [0.5, 0.6) is 0 Å². The predicted octanol–water partition coefficient (Wildman–Crippen LogP) is 3.76. The second-order valence-corrected chi connectivity index (χ2v) is 5.48. The van der Waals surface area contributed by atoms with E-state index in [-0.39, 0.29) is 5.91 Å². The summed E-state index contributed by atoms with van der Waals surface area (Å²) in [5, 5.41) is 3.46. The molecule has 1 N–H and O–H groups in total. The Balaban J connectivity index is 1.85. The van der Waals surface area contributed by atoms with E-state index in [0.717, 1.165) is 34.5 Å². The van der Waals surface area contributed by atoms with Gasteiger partial charge in [0.1, 0.15) is 0 Å². The Morgan fingerprint density at radius 3 is 2.95 bits per heavy atom. The van der Waals surface area contributed by atoms with Gasteiger partial charge in [-0.25, -0.2) is 0 Å². The van der Waals surface area contributed by atoms with Gasteiger partial charge in [-0.2, -0.15) is 0 Å². The van der Waals surface area contributed by atoms with Crippen molar-refractivity contribution in [3.05, 3.63) is 46.5 Å². The number of amides is 1. The Hall–Kier alpha value is -2.13. The number of benzene rings is 2. The Bertz CT molecular complexity index is 780. The lowest BCUT2D eigenvalue weighted by Gasteiger charge is -2.09. The number of anilines is 1. The molecule has 2 heterocycles. The molecule has 0 fully saturated rings. The monoisotopic (exact) mass is 282 g/mol. The van der Waals surface area contributed by atoms with E-state index in [1.54, 1.807) is 0 Å². The van der Waals surface area contributed by atoms with Crippen LogP contribution in [-0.4, -0.2) is 12.1 Å². The zero-order valence-electron chi connectivity index (χ0n) is 10.6. The molecule has 0 bridgehead atoms. The van der Waals surface area contributed by atoms with Gasteiger partial charge in [0.05, 0.1) is 17.1 Å². The smallest absolute Gasteiger partial charge is 0.228 e. The Morgan fingerprint density at radius 1 is 1.15 bits per heavy atom. The van der Waals surface area contributed by atoms with E-state index < -0.39 is 0 Å². The van der Waals surface area contributed by atoms with E-state index in [2.05, 4.69) is 28.5 Å². The van der Waals surface area contributed by atoms with Gasteiger partial charge in [0.15, 0.2) is 0 Å². The number of aliphatic imine (C=N–C) groups is 1. The quantitative estimate of drug-likeness (QED) is 0.850. The lowest BCUT2D eigenvalue weighted by atomic mass is 9.99. The summed E-state index contributed by atoms with van der Waals surface area (Å²) in [6, 6.07) is 10.0. The average Bonchev–Trinajstić information content (AvgIpc) is 3.01. The minimum atomic E-state index is 0.0202. The summed E-state index contributed by atoms with van der Waals surface area (Å²) >= 11 is 6.35. The van der Waals surface area contributed by atoms with Crippen molar-refractivity contribution < 1.29 is 4.79 Å². The van der Waals surface area contributed by atoms with Crippen molar-refractivity contribution in [2.45, 2.75) is 12.8 Å². The largest absolute Gasteiger partial charge is 0.325 e. The minimum absolute atomic E-state index is 0.0202. The summed E-state index contributed by atoms with van der Waals surface area (Å²) in [4.78, 5) is 15.8. The molecule has 0 aliphatic carbocycles. The number of halogens is 1. The van der Waals surface area contributed by atoms with Gasteiger partial charge < -0.3 is 5.32 Å². The van der Waals surface area contributed by atoms with E-state index in [1.807, 2.05) is 18.3 Å². The molecule has 0 radical (unpaired) electrons. The second kappa shape index (κ2) is 4.18. The standard InChI is InChI=1S/C16H11ClN2O/c17-13-8-15-11(7-16(20)19-15)5-12(13)10-2-1-9-3-4-18-14(9)6-10/h1-2,4-6,8H,3,7H2,(H,19,20). The fraction of sp³-hybridized carbons (Fsp3) is 0.125. The highest BCUT2D eigenvalue weighted by atomic mass is 35.5. The zero-order valence-corrected chi connectivity index (χ0v) is 11.4. The van der Waals surface area contributed by atoms with E-state index >= 15 is 0 Å². The first kappa shape index (κ1) is 11.7. The summed E-state index contributed by atoms with van der Waals surface area (Å²) in [5.74, 6) is 0.0202. The Labute approximate surface area is 121 Å².